The van der Waals surface area contributed by atoms with Crippen LogP contribution in [0.2, 0.25) is 0 Å². The molecule has 2 aromatic carbocycles. The summed E-state index contributed by atoms with van der Waals surface area (Å²) in [5, 5.41) is 6.38. The van der Waals surface area contributed by atoms with E-state index in [1.807, 2.05) is 18.2 Å². The molecule has 0 aliphatic carbocycles. The van der Waals surface area contributed by atoms with Crippen molar-refractivity contribution in [1.29, 1.82) is 0 Å². The lowest BCUT2D eigenvalue weighted by Crippen LogP contribution is -2.02. The van der Waals surface area contributed by atoms with Crippen molar-refractivity contribution in [3.63, 3.8) is 0 Å². The van der Waals surface area contributed by atoms with Gasteiger partial charge in [-0.05, 0) is 18.2 Å². The van der Waals surface area contributed by atoms with Gasteiger partial charge in [-0.2, -0.15) is 4.98 Å². The molecule has 0 atom stereocenters. The minimum atomic E-state index is 0.200. The van der Waals surface area contributed by atoms with Crippen LogP contribution in [-0.2, 0) is 0 Å². The molecular weight excluding hydrogens is 376 g/mol. The Bertz CT molecular complexity index is 1000. The Morgan fingerprint density at radius 3 is 2.45 bits per heavy atom. The summed E-state index contributed by atoms with van der Waals surface area (Å²) in [4.78, 5) is 8.77. The Balaban J connectivity index is 1.58. The van der Waals surface area contributed by atoms with Crippen molar-refractivity contribution in [2.75, 3.05) is 38.8 Å². The molecule has 0 unspecified atom stereocenters. The van der Waals surface area contributed by atoms with Crippen molar-refractivity contribution in [1.82, 2.24) is 9.97 Å². The molecule has 150 valence electrons. The lowest BCUT2D eigenvalue weighted by atomic mass is 10.2. The molecule has 0 spiro atoms. The fourth-order valence-electron chi connectivity index (χ4n) is 2.94. The molecule has 0 radical (unpaired) electrons. The maximum Gasteiger partial charge on any atom is 0.231 e. The van der Waals surface area contributed by atoms with Crippen LogP contribution >= 0.6 is 0 Å². The molecule has 0 saturated carbocycles. The highest BCUT2D eigenvalue weighted by Crippen LogP contribution is 2.41. The van der Waals surface area contributed by atoms with E-state index in [4.69, 9.17) is 23.7 Å². The second-order valence-corrected chi connectivity index (χ2v) is 5.97. The standard InChI is InChI=1S/C20H20N4O5/c1-25-15-9-12(10-16(26-2)19(15)27-3)22-20-21-8-7-17(24-20)23-13-5-4-6-14-18(13)29-11-28-14/h4-10H,11H2,1-3H3,(H2,21,22,23,24). The molecule has 2 heterocycles. The number of fused-ring (bicyclic) bond motifs is 1. The van der Waals surface area contributed by atoms with Crippen molar-refractivity contribution in [2.24, 2.45) is 0 Å². The summed E-state index contributed by atoms with van der Waals surface area (Å²) in [6.07, 6.45) is 1.65. The van der Waals surface area contributed by atoms with Crippen molar-refractivity contribution in [3.8, 4) is 28.7 Å². The molecule has 2 N–H and O–H groups in total. The molecule has 29 heavy (non-hydrogen) atoms. The first kappa shape index (κ1) is 18.5. The van der Waals surface area contributed by atoms with Gasteiger partial charge in [-0.25, -0.2) is 4.98 Å². The van der Waals surface area contributed by atoms with Crippen LogP contribution in [0.5, 0.6) is 28.7 Å². The number of para-hydroxylation sites is 1. The van der Waals surface area contributed by atoms with E-state index in [9.17, 15) is 0 Å². The highest BCUT2D eigenvalue weighted by atomic mass is 16.7. The van der Waals surface area contributed by atoms with Gasteiger partial charge in [0.2, 0.25) is 18.5 Å². The van der Waals surface area contributed by atoms with Crippen LogP contribution in [-0.4, -0.2) is 38.1 Å². The average molecular weight is 396 g/mol. The highest BCUT2D eigenvalue weighted by Gasteiger charge is 2.18. The van der Waals surface area contributed by atoms with Gasteiger partial charge < -0.3 is 34.3 Å². The number of ether oxygens (including phenoxy) is 5. The van der Waals surface area contributed by atoms with Crippen LogP contribution in [0.1, 0.15) is 0 Å². The maximum absolute atomic E-state index is 5.52. The molecule has 3 aromatic rings. The van der Waals surface area contributed by atoms with Gasteiger partial charge in [-0.15, -0.1) is 0 Å². The third kappa shape index (κ3) is 3.75. The normalized spacial score (nSPS) is 11.7. The zero-order valence-electron chi connectivity index (χ0n) is 16.2. The molecule has 0 bridgehead atoms. The van der Waals surface area contributed by atoms with Gasteiger partial charge in [0.1, 0.15) is 5.82 Å². The van der Waals surface area contributed by atoms with Crippen molar-refractivity contribution in [3.05, 3.63) is 42.6 Å². The third-order valence-electron chi connectivity index (χ3n) is 4.24. The fraction of sp³-hybridized carbons (Fsp3) is 0.200. The predicted octanol–water partition coefficient (Wildman–Crippen LogP) is 3.72. The summed E-state index contributed by atoms with van der Waals surface area (Å²) in [7, 11) is 4.68. The Morgan fingerprint density at radius 1 is 0.931 bits per heavy atom. The fourth-order valence-corrected chi connectivity index (χ4v) is 2.94. The summed E-state index contributed by atoms with van der Waals surface area (Å²) in [5.74, 6) is 3.91. The Hall–Kier alpha value is -3.88. The number of rotatable bonds is 7. The molecule has 1 aliphatic rings. The smallest absolute Gasteiger partial charge is 0.231 e. The summed E-state index contributed by atoms with van der Waals surface area (Å²) in [5.41, 5.74) is 1.45. The van der Waals surface area contributed by atoms with Gasteiger partial charge >= 0.3 is 0 Å². The lowest BCUT2D eigenvalue weighted by Gasteiger charge is -2.15. The molecule has 9 heteroatoms. The van der Waals surface area contributed by atoms with Gasteiger partial charge in [0.25, 0.3) is 0 Å². The zero-order chi connectivity index (χ0) is 20.2. The molecule has 0 fully saturated rings. The second kappa shape index (κ2) is 8.01. The monoisotopic (exact) mass is 396 g/mol. The third-order valence-corrected chi connectivity index (χ3v) is 4.24. The first-order valence-corrected chi connectivity index (χ1v) is 8.77. The minimum Gasteiger partial charge on any atom is -0.493 e. The van der Waals surface area contributed by atoms with Crippen LogP contribution in [0.4, 0.5) is 23.1 Å². The van der Waals surface area contributed by atoms with Crippen molar-refractivity contribution in [2.45, 2.75) is 0 Å². The van der Waals surface area contributed by atoms with Crippen LogP contribution in [0.15, 0.2) is 42.6 Å². The van der Waals surface area contributed by atoms with Crippen LogP contribution in [0.25, 0.3) is 0 Å². The topological polar surface area (TPSA) is 96.0 Å². The number of aromatic nitrogens is 2. The quantitative estimate of drug-likeness (QED) is 0.619. The molecule has 0 amide bonds. The summed E-state index contributed by atoms with van der Waals surface area (Å²) in [6.45, 7) is 0.200. The van der Waals surface area contributed by atoms with E-state index in [0.717, 1.165) is 5.69 Å². The largest absolute Gasteiger partial charge is 0.493 e. The van der Waals surface area contributed by atoms with Gasteiger partial charge in [0.05, 0.1) is 27.0 Å². The molecule has 0 saturated heterocycles. The number of nitrogens with one attached hydrogen (secondary N) is 2. The highest BCUT2D eigenvalue weighted by molar-refractivity contribution is 5.70. The second-order valence-electron chi connectivity index (χ2n) is 5.97. The average Bonchev–Trinajstić information content (AvgIpc) is 3.23. The number of methoxy groups -OCH3 is 3. The summed E-state index contributed by atoms with van der Waals surface area (Å²) in [6, 6.07) is 10.9. The zero-order valence-corrected chi connectivity index (χ0v) is 16.2. The summed E-state index contributed by atoms with van der Waals surface area (Å²) >= 11 is 0. The Kier molecular flexibility index (Phi) is 5.10. The van der Waals surface area contributed by atoms with E-state index in [1.54, 1.807) is 45.7 Å². The lowest BCUT2D eigenvalue weighted by molar-refractivity contribution is 0.174. The summed E-state index contributed by atoms with van der Waals surface area (Å²) < 4.78 is 27.0. The van der Waals surface area contributed by atoms with Crippen LogP contribution in [0.3, 0.4) is 0 Å². The van der Waals surface area contributed by atoms with Gasteiger partial charge in [0, 0.05) is 24.0 Å². The number of hydrogen-bond acceptors (Lipinski definition) is 9. The first-order valence-electron chi connectivity index (χ1n) is 8.77. The van der Waals surface area contributed by atoms with E-state index in [-0.39, 0.29) is 6.79 Å². The first-order chi connectivity index (χ1) is 14.2. The van der Waals surface area contributed by atoms with E-state index in [2.05, 4.69) is 20.6 Å². The number of anilines is 4. The van der Waals surface area contributed by atoms with E-state index in [0.29, 0.717) is 46.2 Å². The predicted molar refractivity (Wildman–Crippen MR) is 107 cm³/mol. The molecular formula is C20H20N4O5. The molecule has 4 rings (SSSR count). The number of hydrogen-bond donors (Lipinski definition) is 2. The Morgan fingerprint density at radius 2 is 1.72 bits per heavy atom. The van der Waals surface area contributed by atoms with Gasteiger partial charge in [-0.3, -0.25) is 0 Å². The SMILES string of the molecule is COc1cc(Nc2nccc(Nc3cccc4c3OCO4)n2)cc(OC)c1OC. The minimum absolute atomic E-state index is 0.200. The van der Waals surface area contributed by atoms with Gasteiger partial charge in [0.15, 0.2) is 23.0 Å². The molecule has 1 aliphatic heterocycles. The van der Waals surface area contributed by atoms with Crippen molar-refractivity contribution < 1.29 is 23.7 Å². The number of benzene rings is 2. The Labute approximate surface area is 167 Å². The molecule has 1 aromatic heterocycles. The van der Waals surface area contributed by atoms with Crippen molar-refractivity contribution >= 4 is 23.1 Å². The van der Waals surface area contributed by atoms with E-state index >= 15 is 0 Å². The maximum atomic E-state index is 5.52. The van der Waals surface area contributed by atoms with Crippen LogP contribution < -0.4 is 34.3 Å². The molecule has 9 nitrogen and oxygen atoms in total. The number of nitrogens with zero attached hydrogens (tertiary/aromatic N) is 2. The van der Waals surface area contributed by atoms with Gasteiger partial charge in [-0.1, -0.05) is 6.07 Å². The van der Waals surface area contributed by atoms with E-state index in [1.165, 1.54) is 0 Å². The van der Waals surface area contributed by atoms with E-state index < -0.39 is 0 Å². The van der Waals surface area contributed by atoms with Crippen LogP contribution in [0, 0.1) is 0 Å².